The van der Waals surface area contributed by atoms with E-state index in [-0.39, 0.29) is 12.3 Å². The minimum Gasteiger partial charge on any atom is -0.497 e. The third-order valence-corrected chi connectivity index (χ3v) is 3.98. The quantitative estimate of drug-likeness (QED) is 0.723. The van der Waals surface area contributed by atoms with Gasteiger partial charge in [-0.15, -0.1) is 0 Å². The van der Waals surface area contributed by atoms with Crippen LogP contribution in [0.15, 0.2) is 48.5 Å². The normalized spacial score (nSPS) is 10.3. The smallest absolute Gasteiger partial charge is 0.357 e. The van der Waals surface area contributed by atoms with Crippen molar-refractivity contribution in [3.05, 3.63) is 71.0 Å². The summed E-state index contributed by atoms with van der Waals surface area (Å²) in [6.45, 7) is 1.75. The number of aromatic carboxylic acids is 1. The van der Waals surface area contributed by atoms with E-state index in [2.05, 4.69) is 11.1 Å². The summed E-state index contributed by atoms with van der Waals surface area (Å²) in [4.78, 5) is 21.8. The summed E-state index contributed by atoms with van der Waals surface area (Å²) >= 11 is 0. The van der Waals surface area contributed by atoms with Crippen LogP contribution in [0, 0.1) is 18.3 Å². The largest absolute Gasteiger partial charge is 0.497 e. The fourth-order valence-corrected chi connectivity index (χ4v) is 2.65. The number of aryl methyl sites for hydroxylation is 1. The van der Waals surface area contributed by atoms with E-state index < -0.39 is 5.97 Å². The number of ether oxygens (including phenoxy) is 1. The molecule has 0 atom stereocenters. The highest BCUT2D eigenvalue weighted by Gasteiger charge is 2.23. The van der Waals surface area contributed by atoms with Crippen LogP contribution in [0.25, 0.3) is 11.4 Å². The molecule has 0 aliphatic heterocycles. The van der Waals surface area contributed by atoms with Crippen LogP contribution in [0.3, 0.4) is 0 Å². The molecule has 3 aromatic rings. The van der Waals surface area contributed by atoms with Crippen molar-refractivity contribution in [1.82, 2.24) is 9.71 Å². The van der Waals surface area contributed by atoms with Gasteiger partial charge in [-0.05, 0) is 36.8 Å². The summed E-state index contributed by atoms with van der Waals surface area (Å²) < 4.78 is 6.33. The lowest BCUT2D eigenvalue weighted by atomic mass is 10.1. The Hall–Kier alpha value is -3.79. The molecule has 0 aliphatic rings. The average molecular weight is 363 g/mol. The van der Waals surface area contributed by atoms with Crippen molar-refractivity contribution in [2.24, 2.45) is 0 Å². The number of carboxylic acid groups (broad SMARTS) is 1. The van der Waals surface area contributed by atoms with Crippen molar-refractivity contribution in [2.75, 3.05) is 7.11 Å². The number of aromatic nitrogens is 2. The van der Waals surface area contributed by atoms with E-state index >= 15 is 0 Å². The molecule has 1 N–H and O–H groups in total. The molecule has 0 saturated carbocycles. The van der Waals surface area contributed by atoms with Gasteiger partial charge in [-0.3, -0.25) is 0 Å². The van der Waals surface area contributed by atoms with E-state index in [0.29, 0.717) is 22.6 Å². The number of nitriles is 1. The fraction of sp³-hybridized carbons (Fsp3) is 0.150. The van der Waals surface area contributed by atoms with Crippen molar-refractivity contribution in [2.45, 2.75) is 13.5 Å². The first-order chi connectivity index (χ1) is 13.0. The van der Waals surface area contributed by atoms with Crippen molar-refractivity contribution < 1.29 is 19.5 Å². The Morgan fingerprint density at radius 3 is 2.63 bits per heavy atom. The highest BCUT2D eigenvalue weighted by molar-refractivity contribution is 5.88. The number of hydrogen-bond acceptors (Lipinski definition) is 5. The summed E-state index contributed by atoms with van der Waals surface area (Å²) in [6.07, 6.45) is 0. The van der Waals surface area contributed by atoms with E-state index in [4.69, 9.17) is 14.8 Å². The van der Waals surface area contributed by atoms with Gasteiger partial charge in [0.1, 0.15) is 12.4 Å². The summed E-state index contributed by atoms with van der Waals surface area (Å²) in [5.41, 5.74) is 2.16. The summed E-state index contributed by atoms with van der Waals surface area (Å²) in [5, 5.41) is 18.7. The lowest BCUT2D eigenvalue weighted by Gasteiger charge is -2.12. The van der Waals surface area contributed by atoms with E-state index in [1.165, 1.54) is 4.73 Å². The molecule has 7 heteroatoms. The van der Waals surface area contributed by atoms with Gasteiger partial charge in [-0.25, -0.2) is 9.78 Å². The zero-order valence-corrected chi connectivity index (χ0v) is 14.8. The predicted molar refractivity (Wildman–Crippen MR) is 97.4 cm³/mol. The SMILES string of the molecule is COc1ccc(COn2c(-c3cccc(C#N)c3)nc(C)c2C(=O)O)cc1. The van der Waals surface area contributed by atoms with Crippen molar-refractivity contribution in [3.8, 4) is 23.2 Å². The Morgan fingerprint density at radius 1 is 1.26 bits per heavy atom. The molecule has 0 unspecified atom stereocenters. The lowest BCUT2D eigenvalue weighted by molar-refractivity contribution is 0.0574. The molecule has 0 amide bonds. The van der Waals surface area contributed by atoms with Gasteiger partial charge in [0.05, 0.1) is 24.4 Å². The number of carboxylic acids is 1. The van der Waals surface area contributed by atoms with Gasteiger partial charge in [0.25, 0.3) is 0 Å². The Labute approximate surface area is 156 Å². The molecule has 2 aromatic carbocycles. The van der Waals surface area contributed by atoms with Crippen LogP contribution in [0.5, 0.6) is 5.75 Å². The van der Waals surface area contributed by atoms with Crippen LogP contribution in [0.2, 0.25) is 0 Å². The van der Waals surface area contributed by atoms with Crippen LogP contribution in [0.4, 0.5) is 0 Å². The molecule has 136 valence electrons. The number of nitrogens with zero attached hydrogens (tertiary/aromatic N) is 3. The number of hydrogen-bond donors (Lipinski definition) is 1. The molecule has 1 aromatic heterocycles. The number of imidazole rings is 1. The monoisotopic (exact) mass is 363 g/mol. The van der Waals surface area contributed by atoms with Gasteiger partial charge < -0.3 is 14.7 Å². The Kier molecular flexibility index (Phi) is 5.08. The molecular weight excluding hydrogens is 346 g/mol. The molecule has 0 aliphatic carbocycles. The first-order valence-electron chi connectivity index (χ1n) is 8.13. The van der Waals surface area contributed by atoms with Crippen LogP contribution >= 0.6 is 0 Å². The van der Waals surface area contributed by atoms with Crippen molar-refractivity contribution in [3.63, 3.8) is 0 Å². The van der Waals surface area contributed by atoms with Crippen LogP contribution < -0.4 is 9.57 Å². The first kappa shape index (κ1) is 18.0. The number of rotatable bonds is 6. The maximum absolute atomic E-state index is 11.7. The molecular formula is C20H17N3O4. The van der Waals surface area contributed by atoms with Crippen molar-refractivity contribution in [1.29, 1.82) is 5.26 Å². The molecule has 1 heterocycles. The van der Waals surface area contributed by atoms with Gasteiger partial charge >= 0.3 is 5.97 Å². The van der Waals surface area contributed by atoms with E-state index in [1.54, 1.807) is 50.4 Å². The summed E-state index contributed by atoms with van der Waals surface area (Å²) in [5.74, 6) is -0.0922. The Morgan fingerprint density at radius 2 is 2.00 bits per heavy atom. The zero-order chi connectivity index (χ0) is 19.4. The Balaban J connectivity index is 1.98. The molecule has 3 rings (SSSR count). The Bertz CT molecular complexity index is 1020. The zero-order valence-electron chi connectivity index (χ0n) is 14.8. The second-order valence-electron chi connectivity index (χ2n) is 5.78. The lowest BCUT2D eigenvalue weighted by Crippen LogP contribution is -2.19. The van der Waals surface area contributed by atoms with Gasteiger partial charge in [0.2, 0.25) is 0 Å². The maximum Gasteiger partial charge on any atom is 0.357 e. The number of carbonyl (C=O) groups is 1. The van der Waals surface area contributed by atoms with E-state index in [9.17, 15) is 9.90 Å². The molecule has 0 bridgehead atoms. The average Bonchev–Trinajstić information content (AvgIpc) is 3.03. The number of benzene rings is 2. The molecule has 0 spiro atoms. The van der Waals surface area contributed by atoms with Gasteiger partial charge in [-0.2, -0.15) is 9.99 Å². The minimum absolute atomic E-state index is 0.0547. The standard InChI is InChI=1S/C20H17N3O4/c1-13-18(20(24)25)23(27-12-14-6-8-17(26-2)9-7-14)19(22-13)16-5-3-4-15(10-16)11-21/h3-10H,12H2,1-2H3,(H,24,25). The topological polar surface area (TPSA) is 97.4 Å². The van der Waals surface area contributed by atoms with E-state index in [0.717, 1.165) is 11.3 Å². The minimum atomic E-state index is -1.14. The van der Waals surface area contributed by atoms with Gasteiger partial charge in [0.15, 0.2) is 11.5 Å². The predicted octanol–water partition coefficient (Wildman–Crippen LogP) is 3.07. The summed E-state index contributed by atoms with van der Waals surface area (Å²) in [7, 11) is 1.58. The molecule has 7 nitrogen and oxygen atoms in total. The highest BCUT2D eigenvalue weighted by atomic mass is 16.7. The molecule has 0 saturated heterocycles. The third-order valence-electron chi connectivity index (χ3n) is 3.98. The van der Waals surface area contributed by atoms with Crippen LogP contribution in [-0.4, -0.2) is 27.9 Å². The summed E-state index contributed by atoms with van der Waals surface area (Å²) in [6, 6.07) is 16.1. The van der Waals surface area contributed by atoms with Gasteiger partial charge in [0, 0.05) is 5.56 Å². The fourth-order valence-electron chi connectivity index (χ4n) is 2.65. The third kappa shape index (κ3) is 3.75. The van der Waals surface area contributed by atoms with Crippen LogP contribution in [-0.2, 0) is 6.61 Å². The van der Waals surface area contributed by atoms with Crippen LogP contribution in [0.1, 0.15) is 27.3 Å². The van der Waals surface area contributed by atoms with Crippen molar-refractivity contribution >= 4 is 5.97 Å². The number of methoxy groups -OCH3 is 1. The molecule has 0 radical (unpaired) electrons. The maximum atomic E-state index is 11.7. The molecule has 27 heavy (non-hydrogen) atoms. The highest BCUT2D eigenvalue weighted by Crippen LogP contribution is 2.23. The first-order valence-corrected chi connectivity index (χ1v) is 8.13. The molecule has 0 fully saturated rings. The van der Waals surface area contributed by atoms with Gasteiger partial charge in [-0.1, -0.05) is 24.3 Å². The second kappa shape index (κ2) is 7.62. The van der Waals surface area contributed by atoms with E-state index in [1.807, 2.05) is 12.1 Å². The second-order valence-corrected chi connectivity index (χ2v) is 5.78.